The number of aryl methyl sites for hydroxylation is 7. The molecule has 0 aliphatic rings. The summed E-state index contributed by atoms with van der Waals surface area (Å²) in [6.07, 6.45) is 0. The van der Waals surface area contributed by atoms with Crippen molar-refractivity contribution in [1.82, 2.24) is 31.3 Å². The van der Waals surface area contributed by atoms with E-state index in [9.17, 15) is 28.8 Å². The van der Waals surface area contributed by atoms with Crippen LogP contribution < -0.4 is 16.3 Å². The predicted octanol–water partition coefficient (Wildman–Crippen LogP) is 12.6. The number of rotatable bonds is 6. The van der Waals surface area contributed by atoms with Crippen LogP contribution in [0.3, 0.4) is 0 Å². The first kappa shape index (κ1) is 59.0. The van der Waals surface area contributed by atoms with Gasteiger partial charge in [-0.15, -0.1) is 0 Å². The number of carbonyl (C=O) groups excluding carboxylic acids is 6. The Morgan fingerprint density at radius 1 is 0.351 bits per heavy atom. The zero-order valence-electron chi connectivity index (χ0n) is 45.9. The molecule has 0 unspecified atom stereocenters. The number of hydrogen-bond acceptors (Lipinski definition) is 6. The highest BCUT2D eigenvalue weighted by molar-refractivity contribution is 6.33. The minimum Gasteiger partial charge on any atom is -0.267 e. The van der Waals surface area contributed by atoms with Gasteiger partial charge >= 0.3 is 0 Å². The largest absolute Gasteiger partial charge is 0.274 e. The third-order valence-corrected chi connectivity index (χ3v) is 12.3. The average molecular weight is 1020 g/mol. The highest BCUT2D eigenvalue weighted by Gasteiger charge is 2.33. The summed E-state index contributed by atoms with van der Waals surface area (Å²) in [5.74, 6) is -1.74. The molecule has 0 saturated heterocycles. The van der Waals surface area contributed by atoms with Crippen molar-refractivity contribution in [1.29, 1.82) is 0 Å². The first-order valence-corrected chi connectivity index (χ1v) is 24.8. The van der Waals surface area contributed by atoms with Crippen LogP contribution >= 0.6 is 11.6 Å². The monoisotopic (exact) mass is 1020 g/mol. The van der Waals surface area contributed by atoms with Gasteiger partial charge in [0.1, 0.15) is 0 Å². The summed E-state index contributed by atoms with van der Waals surface area (Å²) in [6, 6.07) is 39.6. The van der Waals surface area contributed by atoms with Gasteiger partial charge in [0, 0.05) is 27.8 Å². The second-order valence-electron chi connectivity index (χ2n) is 21.4. The molecule has 0 aliphatic carbocycles. The van der Waals surface area contributed by atoms with E-state index < -0.39 is 16.6 Å². The van der Waals surface area contributed by atoms with E-state index in [2.05, 4.69) is 16.3 Å². The summed E-state index contributed by atoms with van der Waals surface area (Å²) in [5.41, 5.74) is 17.0. The van der Waals surface area contributed by atoms with Crippen molar-refractivity contribution < 1.29 is 28.8 Å². The first-order valence-electron chi connectivity index (χ1n) is 24.4. The highest BCUT2D eigenvalue weighted by atomic mass is 35.5. The molecular formula is C61H73ClN6O6. The normalized spacial score (nSPS) is 11.1. The van der Waals surface area contributed by atoms with Crippen molar-refractivity contribution >= 4 is 47.0 Å². The number of hydrogen-bond donors (Lipinski definition) is 3. The Labute approximate surface area is 443 Å². The summed E-state index contributed by atoms with van der Waals surface area (Å²) >= 11 is 6.14. The van der Waals surface area contributed by atoms with Crippen molar-refractivity contribution in [3.8, 4) is 0 Å². The highest BCUT2D eigenvalue weighted by Crippen LogP contribution is 2.23. The second-order valence-corrected chi connectivity index (χ2v) is 21.8. The van der Waals surface area contributed by atoms with Crippen LogP contribution in [0.2, 0.25) is 5.02 Å². The fraction of sp³-hybridized carbons (Fsp3) is 0.311. The van der Waals surface area contributed by atoms with Gasteiger partial charge in [0.25, 0.3) is 35.4 Å². The summed E-state index contributed by atoms with van der Waals surface area (Å²) in [4.78, 5) is 76.6. The summed E-state index contributed by atoms with van der Waals surface area (Å²) in [6.45, 7) is 30.7. The molecule has 6 rings (SSSR count). The van der Waals surface area contributed by atoms with Crippen LogP contribution in [0.25, 0.3) is 0 Å². The molecule has 6 aromatic carbocycles. The van der Waals surface area contributed by atoms with Gasteiger partial charge in [0.15, 0.2) is 0 Å². The van der Waals surface area contributed by atoms with E-state index >= 15 is 0 Å². The zero-order chi connectivity index (χ0) is 55.5. The van der Waals surface area contributed by atoms with Gasteiger partial charge in [-0.05, 0) is 217 Å². The Kier molecular flexibility index (Phi) is 19.9. The van der Waals surface area contributed by atoms with E-state index in [4.69, 9.17) is 11.6 Å². The molecule has 74 heavy (non-hydrogen) atoms. The minimum atomic E-state index is -0.619. The van der Waals surface area contributed by atoms with Crippen molar-refractivity contribution in [2.45, 2.75) is 127 Å². The molecule has 12 nitrogen and oxygen atoms in total. The van der Waals surface area contributed by atoms with E-state index in [1.807, 2.05) is 171 Å². The molecule has 0 fully saturated rings. The molecule has 6 amide bonds. The molecule has 0 aliphatic heterocycles. The SMILES string of the molecule is Cc1ccc(C(=O)NN(C(=O)c2ccccc2)C(C)(C)C)cc1C.Cc1ccc(C(=O)NN(C(=O)c2ccccc2Cl)C(C)(C)C)cc1C.Cc1cccc(C(=O)N(NC(=O)c2ccc(C)c(C)c2)C(C)(C)C)c1. The fourth-order valence-electron chi connectivity index (χ4n) is 7.09. The standard InChI is InChI=1S/C21H26N2O2.C20H23ClN2O2.C20H24N2O2/c1-14-8-7-9-18(12-14)20(25)23(21(4,5)6)22-19(24)17-11-10-15(2)16(3)13-17;1-13-10-11-15(12-14(13)2)18(24)22-23(20(3,4)5)19(25)16-8-6-7-9-17(16)21;1-14-11-12-17(13-15(14)2)18(23)21-22(20(3,4)5)19(24)16-9-7-6-8-10-16/h7-13H,1-6H3,(H,22,24);6-12H,1-5H3,(H,22,24);6-13H,1-5H3,(H,21,23). The Hall–Kier alpha value is -7.57. The predicted molar refractivity (Wildman–Crippen MR) is 297 cm³/mol. The lowest BCUT2D eigenvalue weighted by Gasteiger charge is -2.35. The summed E-state index contributed by atoms with van der Waals surface area (Å²) < 4.78 is 0. The Morgan fingerprint density at radius 3 is 1.04 bits per heavy atom. The number of nitrogens with zero attached hydrogens (tertiary/aromatic N) is 3. The third kappa shape index (κ3) is 16.2. The molecule has 0 spiro atoms. The van der Waals surface area contributed by atoms with Crippen LogP contribution in [0.15, 0.2) is 133 Å². The van der Waals surface area contributed by atoms with Gasteiger partial charge in [0.2, 0.25) is 0 Å². The molecule has 6 aromatic rings. The molecule has 0 radical (unpaired) electrons. The van der Waals surface area contributed by atoms with Crippen LogP contribution in [-0.2, 0) is 0 Å². The lowest BCUT2D eigenvalue weighted by molar-refractivity contribution is 0.0357. The maximum atomic E-state index is 12.9. The van der Waals surface area contributed by atoms with Gasteiger partial charge < -0.3 is 0 Å². The lowest BCUT2D eigenvalue weighted by atomic mass is 10.0. The topological polar surface area (TPSA) is 148 Å². The quantitative estimate of drug-likeness (QED) is 0.142. The molecule has 390 valence electrons. The maximum Gasteiger partial charge on any atom is 0.274 e. The van der Waals surface area contributed by atoms with Crippen LogP contribution in [0.4, 0.5) is 0 Å². The number of benzene rings is 6. The number of amides is 6. The van der Waals surface area contributed by atoms with Crippen molar-refractivity contribution in [3.05, 3.63) is 211 Å². The van der Waals surface area contributed by atoms with E-state index in [1.165, 1.54) is 15.0 Å². The van der Waals surface area contributed by atoms with E-state index in [0.29, 0.717) is 38.4 Å². The molecule has 13 heteroatoms. The van der Waals surface area contributed by atoms with Crippen molar-refractivity contribution in [2.75, 3.05) is 0 Å². The number of hydrazine groups is 3. The van der Waals surface area contributed by atoms with Crippen LogP contribution in [0, 0.1) is 48.5 Å². The zero-order valence-corrected chi connectivity index (χ0v) is 46.6. The molecule has 0 aromatic heterocycles. The number of halogens is 1. The van der Waals surface area contributed by atoms with Crippen LogP contribution in [0.1, 0.15) is 163 Å². The Morgan fingerprint density at radius 2 is 0.689 bits per heavy atom. The minimum absolute atomic E-state index is 0.228. The lowest BCUT2D eigenvalue weighted by Crippen LogP contribution is -2.56. The van der Waals surface area contributed by atoms with Gasteiger partial charge in [-0.1, -0.05) is 77.8 Å². The van der Waals surface area contributed by atoms with Gasteiger partial charge in [-0.3, -0.25) is 45.0 Å². The van der Waals surface area contributed by atoms with Gasteiger partial charge in [0.05, 0.1) is 27.2 Å². The van der Waals surface area contributed by atoms with Gasteiger partial charge in [-0.2, -0.15) is 0 Å². The van der Waals surface area contributed by atoms with Crippen LogP contribution in [0.5, 0.6) is 0 Å². The average Bonchev–Trinajstić information content (AvgIpc) is 3.33. The number of nitrogens with one attached hydrogen (secondary N) is 3. The molecule has 0 atom stereocenters. The van der Waals surface area contributed by atoms with E-state index in [1.54, 1.807) is 72.8 Å². The third-order valence-electron chi connectivity index (χ3n) is 12.0. The Balaban J connectivity index is 0.000000240. The Bertz CT molecular complexity index is 3000. The second kappa shape index (κ2) is 24.9. The smallest absolute Gasteiger partial charge is 0.267 e. The summed E-state index contributed by atoms with van der Waals surface area (Å²) in [7, 11) is 0. The molecular weight excluding hydrogens is 948 g/mol. The molecule has 3 N–H and O–H groups in total. The number of carbonyl (C=O) groups is 6. The maximum absolute atomic E-state index is 12.9. The fourth-order valence-corrected chi connectivity index (χ4v) is 7.30. The molecule has 0 heterocycles. The van der Waals surface area contributed by atoms with E-state index in [-0.39, 0.29) is 35.4 Å². The van der Waals surface area contributed by atoms with E-state index in [0.717, 1.165) is 38.9 Å². The first-order chi connectivity index (χ1) is 34.4. The van der Waals surface area contributed by atoms with Crippen molar-refractivity contribution in [3.63, 3.8) is 0 Å². The molecule has 0 saturated carbocycles. The van der Waals surface area contributed by atoms with Crippen LogP contribution in [-0.4, -0.2) is 67.1 Å². The van der Waals surface area contributed by atoms with Gasteiger partial charge in [-0.25, -0.2) is 15.0 Å². The summed E-state index contributed by atoms with van der Waals surface area (Å²) in [5, 5.41) is 4.47. The van der Waals surface area contributed by atoms with Crippen molar-refractivity contribution in [2.24, 2.45) is 0 Å². The molecule has 0 bridgehead atoms.